The maximum Gasteiger partial charge on any atom is 0.187 e. The van der Waals surface area contributed by atoms with Crippen molar-refractivity contribution in [2.75, 3.05) is 13.1 Å². The topological polar surface area (TPSA) is 101 Å². The van der Waals surface area contributed by atoms with Gasteiger partial charge in [-0.3, -0.25) is 4.90 Å². The van der Waals surface area contributed by atoms with E-state index in [-0.39, 0.29) is 17.5 Å². The van der Waals surface area contributed by atoms with E-state index in [1.807, 2.05) is 25.1 Å². The molecule has 0 spiro atoms. The van der Waals surface area contributed by atoms with Crippen LogP contribution in [0.2, 0.25) is 0 Å². The molecule has 1 aromatic carbocycles. The highest BCUT2D eigenvalue weighted by Gasteiger charge is 2.53. The quantitative estimate of drug-likeness (QED) is 0.891. The fraction of sp³-hybridized carbons (Fsp3) is 0.409. The molecule has 1 aliphatic carbocycles. The van der Waals surface area contributed by atoms with Crippen LogP contribution in [0.25, 0.3) is 0 Å². The highest BCUT2D eigenvalue weighted by molar-refractivity contribution is 5.56. The molecule has 0 radical (unpaired) electrons. The molecule has 0 fully saturated rings. The first-order chi connectivity index (χ1) is 13.1. The molecule has 27 heavy (non-hydrogen) atoms. The molecule has 0 saturated heterocycles. The summed E-state index contributed by atoms with van der Waals surface area (Å²) in [4.78, 5) is 2.31. The van der Waals surface area contributed by atoms with Crippen molar-refractivity contribution < 1.29 is 0 Å². The van der Waals surface area contributed by atoms with Crippen molar-refractivity contribution in [3.63, 3.8) is 0 Å². The molecule has 5 nitrogen and oxygen atoms in total. The number of rotatable bonds is 4. The minimum Gasteiger partial charge on any atom is -0.399 e. The van der Waals surface area contributed by atoms with E-state index in [1.54, 1.807) is 0 Å². The van der Waals surface area contributed by atoms with Crippen molar-refractivity contribution in [1.29, 1.82) is 15.8 Å². The number of benzene rings is 1. The van der Waals surface area contributed by atoms with Gasteiger partial charge in [0.25, 0.3) is 0 Å². The fourth-order valence-electron chi connectivity index (χ4n) is 4.45. The van der Waals surface area contributed by atoms with Gasteiger partial charge in [0.2, 0.25) is 0 Å². The van der Waals surface area contributed by atoms with Crippen LogP contribution >= 0.6 is 0 Å². The van der Waals surface area contributed by atoms with Gasteiger partial charge in [-0.25, -0.2) is 0 Å². The van der Waals surface area contributed by atoms with Crippen LogP contribution in [-0.2, 0) is 6.54 Å². The van der Waals surface area contributed by atoms with Gasteiger partial charge >= 0.3 is 0 Å². The number of nitrogens with zero attached hydrogens (tertiary/aromatic N) is 4. The third-order valence-electron chi connectivity index (χ3n) is 5.76. The Labute approximate surface area is 160 Å². The summed E-state index contributed by atoms with van der Waals surface area (Å²) in [6, 6.07) is 16.7. The molecule has 1 heterocycles. The van der Waals surface area contributed by atoms with E-state index in [1.165, 1.54) is 5.56 Å². The van der Waals surface area contributed by atoms with E-state index in [0.29, 0.717) is 5.57 Å². The van der Waals surface area contributed by atoms with E-state index >= 15 is 0 Å². The third-order valence-corrected chi connectivity index (χ3v) is 5.76. The zero-order valence-corrected chi connectivity index (χ0v) is 15.5. The van der Waals surface area contributed by atoms with Crippen molar-refractivity contribution in [3.8, 4) is 18.2 Å². The Balaban J connectivity index is 2.02. The fourth-order valence-corrected chi connectivity index (χ4v) is 4.45. The van der Waals surface area contributed by atoms with E-state index in [2.05, 4.69) is 41.3 Å². The summed E-state index contributed by atoms with van der Waals surface area (Å²) >= 11 is 0. The van der Waals surface area contributed by atoms with Gasteiger partial charge < -0.3 is 5.73 Å². The smallest absolute Gasteiger partial charge is 0.187 e. The lowest BCUT2D eigenvalue weighted by Gasteiger charge is -2.45. The molecule has 2 N–H and O–H groups in total. The highest BCUT2D eigenvalue weighted by Crippen LogP contribution is 2.51. The van der Waals surface area contributed by atoms with Gasteiger partial charge in [-0.15, -0.1) is 0 Å². The van der Waals surface area contributed by atoms with Gasteiger partial charge in [0, 0.05) is 31.5 Å². The summed E-state index contributed by atoms with van der Waals surface area (Å²) < 4.78 is 0. The summed E-state index contributed by atoms with van der Waals surface area (Å²) in [6.45, 7) is 4.29. The molecular formula is C22H23N5. The average Bonchev–Trinajstić information content (AvgIpc) is 2.70. The van der Waals surface area contributed by atoms with Gasteiger partial charge in [-0.1, -0.05) is 49.8 Å². The molecule has 1 aromatic rings. The van der Waals surface area contributed by atoms with Crippen LogP contribution in [0.1, 0.15) is 25.3 Å². The van der Waals surface area contributed by atoms with Crippen LogP contribution in [0.4, 0.5) is 0 Å². The van der Waals surface area contributed by atoms with E-state index in [9.17, 15) is 15.8 Å². The number of allylic oxidation sites excluding steroid dienone is 2. The summed E-state index contributed by atoms with van der Waals surface area (Å²) in [5.74, 6) is -0.247. The van der Waals surface area contributed by atoms with Crippen LogP contribution in [0.15, 0.2) is 53.3 Å². The van der Waals surface area contributed by atoms with Crippen molar-refractivity contribution in [2.24, 2.45) is 23.0 Å². The lowest BCUT2D eigenvalue weighted by Crippen LogP contribution is -2.49. The molecule has 2 aliphatic rings. The minimum atomic E-state index is -1.43. The number of nitrogens with two attached hydrogens (primary N) is 1. The third kappa shape index (κ3) is 3.10. The SMILES string of the molecule is CCC[C@@H]1[C@@H]2CN(Cc3ccccc3)CC=C2C(C#N)=C(N)C1(C#N)C#N. The van der Waals surface area contributed by atoms with Crippen molar-refractivity contribution in [3.05, 3.63) is 58.8 Å². The summed E-state index contributed by atoms with van der Waals surface area (Å²) in [5.41, 5.74) is 7.40. The van der Waals surface area contributed by atoms with Gasteiger partial charge in [0.05, 0.1) is 23.4 Å². The first kappa shape index (κ1) is 18.7. The van der Waals surface area contributed by atoms with Gasteiger partial charge in [-0.2, -0.15) is 15.8 Å². The van der Waals surface area contributed by atoms with E-state index < -0.39 is 5.41 Å². The monoisotopic (exact) mass is 357 g/mol. The summed E-state index contributed by atoms with van der Waals surface area (Å²) in [5, 5.41) is 29.4. The molecule has 0 bridgehead atoms. The molecular weight excluding hydrogens is 334 g/mol. The lowest BCUT2D eigenvalue weighted by molar-refractivity contribution is 0.155. The molecule has 2 atom stereocenters. The molecule has 1 aliphatic heterocycles. The molecule has 0 unspecified atom stereocenters. The van der Waals surface area contributed by atoms with Gasteiger partial charge in [0.15, 0.2) is 5.41 Å². The maximum atomic E-state index is 9.88. The van der Waals surface area contributed by atoms with Gasteiger partial charge in [0.1, 0.15) is 6.07 Å². The van der Waals surface area contributed by atoms with Crippen LogP contribution in [0.3, 0.4) is 0 Å². The summed E-state index contributed by atoms with van der Waals surface area (Å²) in [7, 11) is 0. The van der Waals surface area contributed by atoms with Crippen molar-refractivity contribution in [1.82, 2.24) is 4.90 Å². The van der Waals surface area contributed by atoms with E-state index in [4.69, 9.17) is 5.73 Å². The predicted octanol–water partition coefficient (Wildman–Crippen LogP) is 3.24. The zero-order chi connectivity index (χ0) is 19.4. The van der Waals surface area contributed by atoms with Crippen LogP contribution in [0.5, 0.6) is 0 Å². The molecule has 0 saturated carbocycles. The normalized spacial score (nSPS) is 24.1. The second kappa shape index (κ2) is 7.67. The highest BCUT2D eigenvalue weighted by atomic mass is 15.1. The Kier molecular flexibility index (Phi) is 5.31. The first-order valence-electron chi connectivity index (χ1n) is 9.30. The number of hydrogen-bond acceptors (Lipinski definition) is 5. The largest absolute Gasteiger partial charge is 0.399 e. The molecule has 136 valence electrons. The second-order valence-electron chi connectivity index (χ2n) is 7.27. The Bertz CT molecular complexity index is 877. The Morgan fingerprint density at radius 2 is 1.89 bits per heavy atom. The molecule has 3 rings (SSSR count). The van der Waals surface area contributed by atoms with E-state index in [0.717, 1.165) is 38.0 Å². The van der Waals surface area contributed by atoms with Crippen molar-refractivity contribution in [2.45, 2.75) is 26.3 Å². The van der Waals surface area contributed by atoms with Crippen LogP contribution in [0, 0.1) is 51.2 Å². The standard InChI is InChI=1S/C22H23N5/c1-2-6-20-19-13-27(12-16-7-4-3-5-8-16)10-9-17(19)18(11-23)21(26)22(20,14-24)15-25/h3-5,7-9,19-20H,2,6,10,12-13,26H2,1H3/t19-,20-/m1/s1. The lowest BCUT2D eigenvalue weighted by atomic mass is 9.59. The zero-order valence-electron chi connectivity index (χ0n) is 15.5. The Morgan fingerprint density at radius 3 is 2.48 bits per heavy atom. The number of fused-ring (bicyclic) bond motifs is 1. The minimum absolute atomic E-state index is 0.0383. The van der Waals surface area contributed by atoms with Gasteiger partial charge in [-0.05, 0) is 17.6 Å². The Hall–Kier alpha value is -3.07. The van der Waals surface area contributed by atoms with Crippen LogP contribution in [-0.4, -0.2) is 18.0 Å². The Morgan fingerprint density at radius 1 is 1.19 bits per heavy atom. The second-order valence-corrected chi connectivity index (χ2v) is 7.27. The first-order valence-corrected chi connectivity index (χ1v) is 9.30. The maximum absolute atomic E-state index is 9.88. The van der Waals surface area contributed by atoms with Crippen molar-refractivity contribution >= 4 is 0 Å². The molecule has 0 amide bonds. The molecule has 0 aromatic heterocycles. The van der Waals surface area contributed by atoms with Crippen LogP contribution < -0.4 is 5.73 Å². The number of nitriles is 3. The predicted molar refractivity (Wildman–Crippen MR) is 102 cm³/mol. The number of hydrogen-bond donors (Lipinski definition) is 1. The summed E-state index contributed by atoms with van der Waals surface area (Å²) in [6.07, 6.45) is 3.64. The molecule has 5 heteroatoms. The average molecular weight is 357 g/mol.